The standard InChI is InChI=1S/C20H15F2NO4S/c1-11-18(28-19(23-11)12-3-6-14(21)7-4-12)20(25)27-10-16(24)13-5-8-17(26-2)15(22)9-13/h3-9H,10H2,1-2H3. The average Bonchev–Trinajstić information content (AvgIpc) is 3.08. The second kappa shape index (κ2) is 8.26. The van der Waals surface area contributed by atoms with Crippen molar-refractivity contribution in [1.82, 2.24) is 4.98 Å². The number of esters is 1. The Kier molecular flexibility index (Phi) is 5.79. The van der Waals surface area contributed by atoms with Crippen LogP contribution in [0.3, 0.4) is 0 Å². The van der Waals surface area contributed by atoms with Gasteiger partial charge in [-0.25, -0.2) is 18.6 Å². The number of benzene rings is 2. The van der Waals surface area contributed by atoms with Gasteiger partial charge in [-0.1, -0.05) is 0 Å². The molecule has 0 radical (unpaired) electrons. The molecule has 0 saturated carbocycles. The summed E-state index contributed by atoms with van der Waals surface area (Å²) in [7, 11) is 1.32. The fraction of sp³-hybridized carbons (Fsp3) is 0.150. The maximum absolute atomic E-state index is 13.7. The molecule has 0 N–H and O–H groups in total. The van der Waals surface area contributed by atoms with Crippen LogP contribution >= 0.6 is 11.3 Å². The molecular formula is C20H15F2NO4S. The van der Waals surface area contributed by atoms with Crippen molar-refractivity contribution in [2.45, 2.75) is 6.92 Å². The summed E-state index contributed by atoms with van der Waals surface area (Å²) in [6.07, 6.45) is 0. The largest absolute Gasteiger partial charge is 0.494 e. The lowest BCUT2D eigenvalue weighted by Crippen LogP contribution is -2.14. The summed E-state index contributed by atoms with van der Waals surface area (Å²) in [6, 6.07) is 9.47. The summed E-state index contributed by atoms with van der Waals surface area (Å²) in [6.45, 7) is 1.11. The highest BCUT2D eigenvalue weighted by molar-refractivity contribution is 7.17. The van der Waals surface area contributed by atoms with Gasteiger partial charge in [0.2, 0.25) is 0 Å². The van der Waals surface area contributed by atoms with Crippen molar-refractivity contribution in [3.05, 3.63) is 70.2 Å². The van der Waals surface area contributed by atoms with Gasteiger partial charge in [0.05, 0.1) is 12.8 Å². The van der Waals surface area contributed by atoms with Crippen LogP contribution in [0, 0.1) is 18.6 Å². The molecule has 3 aromatic rings. The molecule has 3 rings (SSSR count). The lowest BCUT2D eigenvalue weighted by Gasteiger charge is -2.05. The van der Waals surface area contributed by atoms with Gasteiger partial charge in [-0.3, -0.25) is 4.79 Å². The van der Waals surface area contributed by atoms with Gasteiger partial charge in [0.25, 0.3) is 0 Å². The molecule has 28 heavy (non-hydrogen) atoms. The molecule has 8 heteroatoms. The molecule has 0 aliphatic carbocycles. The summed E-state index contributed by atoms with van der Waals surface area (Å²) in [5.41, 5.74) is 1.18. The first-order chi connectivity index (χ1) is 13.4. The van der Waals surface area contributed by atoms with E-state index in [-0.39, 0.29) is 22.0 Å². The highest BCUT2D eigenvalue weighted by atomic mass is 32.1. The smallest absolute Gasteiger partial charge is 0.350 e. The number of carbonyl (C=O) groups excluding carboxylic acids is 2. The van der Waals surface area contributed by atoms with E-state index in [1.807, 2.05) is 0 Å². The topological polar surface area (TPSA) is 65.5 Å². The van der Waals surface area contributed by atoms with Gasteiger partial charge in [0.15, 0.2) is 24.0 Å². The van der Waals surface area contributed by atoms with Gasteiger partial charge in [-0.05, 0) is 49.4 Å². The number of hydrogen-bond donors (Lipinski definition) is 0. The fourth-order valence-corrected chi connectivity index (χ4v) is 3.39. The zero-order valence-corrected chi connectivity index (χ0v) is 15.8. The predicted octanol–water partition coefficient (Wildman–Crippen LogP) is 4.45. The molecule has 0 aliphatic rings. The SMILES string of the molecule is COc1ccc(C(=O)COC(=O)c2sc(-c3ccc(F)cc3)nc2C)cc1F. The number of rotatable bonds is 6. The third kappa shape index (κ3) is 4.23. The number of halogens is 2. The van der Waals surface area contributed by atoms with Crippen LogP contribution in [0.5, 0.6) is 5.75 Å². The minimum absolute atomic E-state index is 0.0159. The van der Waals surface area contributed by atoms with E-state index in [4.69, 9.17) is 9.47 Å². The highest BCUT2D eigenvalue weighted by Crippen LogP contribution is 2.28. The van der Waals surface area contributed by atoms with Crippen molar-refractivity contribution < 1.29 is 27.8 Å². The van der Waals surface area contributed by atoms with Crippen LogP contribution in [0.1, 0.15) is 25.7 Å². The number of aromatic nitrogens is 1. The lowest BCUT2D eigenvalue weighted by atomic mass is 10.1. The molecule has 0 unspecified atom stereocenters. The normalized spacial score (nSPS) is 10.6. The van der Waals surface area contributed by atoms with Crippen LogP contribution in [0.2, 0.25) is 0 Å². The third-order valence-electron chi connectivity index (χ3n) is 3.88. The molecular weight excluding hydrogens is 388 g/mol. The number of carbonyl (C=O) groups is 2. The number of aryl methyl sites for hydroxylation is 1. The van der Waals surface area contributed by atoms with Gasteiger partial charge in [0, 0.05) is 11.1 Å². The van der Waals surface area contributed by atoms with Gasteiger partial charge < -0.3 is 9.47 Å². The summed E-state index contributed by atoms with van der Waals surface area (Å²) in [5, 5.41) is 0.535. The maximum Gasteiger partial charge on any atom is 0.350 e. The van der Waals surface area contributed by atoms with Crippen LogP contribution in [-0.4, -0.2) is 30.5 Å². The van der Waals surface area contributed by atoms with Crippen LogP contribution in [0.25, 0.3) is 10.6 Å². The van der Waals surface area contributed by atoms with E-state index in [0.717, 1.165) is 17.4 Å². The van der Waals surface area contributed by atoms with Crippen molar-refractivity contribution in [2.24, 2.45) is 0 Å². The summed E-state index contributed by atoms with van der Waals surface area (Å²) in [5.74, 6) is -2.28. The second-order valence-corrected chi connectivity index (χ2v) is 6.79. The Balaban J connectivity index is 1.69. The van der Waals surface area contributed by atoms with Gasteiger partial charge in [0.1, 0.15) is 15.7 Å². The molecule has 2 aromatic carbocycles. The second-order valence-electron chi connectivity index (χ2n) is 5.79. The molecule has 0 saturated heterocycles. The maximum atomic E-state index is 13.7. The molecule has 0 atom stereocenters. The first-order valence-corrected chi connectivity index (χ1v) is 8.98. The van der Waals surface area contributed by atoms with E-state index < -0.39 is 24.2 Å². The summed E-state index contributed by atoms with van der Waals surface area (Å²) >= 11 is 1.09. The van der Waals surface area contributed by atoms with E-state index in [1.54, 1.807) is 19.1 Å². The Hall–Kier alpha value is -3.13. The Morgan fingerprint density at radius 2 is 1.82 bits per heavy atom. The van der Waals surface area contributed by atoms with E-state index in [2.05, 4.69) is 4.98 Å². The highest BCUT2D eigenvalue weighted by Gasteiger charge is 2.19. The van der Waals surface area contributed by atoms with Crippen molar-refractivity contribution in [3.8, 4) is 16.3 Å². The number of ketones is 1. The summed E-state index contributed by atoms with van der Waals surface area (Å²) < 4.78 is 36.6. The van der Waals surface area contributed by atoms with E-state index in [1.165, 1.54) is 31.4 Å². The van der Waals surface area contributed by atoms with Crippen LogP contribution in [-0.2, 0) is 4.74 Å². The van der Waals surface area contributed by atoms with Gasteiger partial charge in [-0.15, -0.1) is 11.3 Å². The first-order valence-electron chi connectivity index (χ1n) is 8.16. The van der Waals surface area contributed by atoms with E-state index >= 15 is 0 Å². The number of Topliss-reactive ketones (excluding diaryl/α,β-unsaturated/α-hetero) is 1. The van der Waals surface area contributed by atoms with Crippen molar-refractivity contribution in [3.63, 3.8) is 0 Å². The number of ether oxygens (including phenoxy) is 2. The lowest BCUT2D eigenvalue weighted by molar-refractivity contribution is 0.0478. The Labute approximate surface area is 163 Å². The zero-order valence-electron chi connectivity index (χ0n) is 15.0. The molecule has 1 heterocycles. The molecule has 1 aromatic heterocycles. The molecule has 144 valence electrons. The van der Waals surface area contributed by atoms with Crippen molar-refractivity contribution in [2.75, 3.05) is 13.7 Å². The third-order valence-corrected chi connectivity index (χ3v) is 5.07. The van der Waals surface area contributed by atoms with Crippen molar-refractivity contribution in [1.29, 1.82) is 0 Å². The number of nitrogens with zero attached hydrogens (tertiary/aromatic N) is 1. The number of hydrogen-bond acceptors (Lipinski definition) is 6. The Morgan fingerprint density at radius 3 is 2.46 bits per heavy atom. The monoisotopic (exact) mass is 403 g/mol. The first kappa shape index (κ1) is 19.6. The molecule has 0 bridgehead atoms. The predicted molar refractivity (Wildman–Crippen MR) is 99.8 cm³/mol. The zero-order chi connectivity index (χ0) is 20.3. The van der Waals surface area contributed by atoms with E-state index in [0.29, 0.717) is 16.3 Å². The quantitative estimate of drug-likeness (QED) is 0.450. The molecule has 5 nitrogen and oxygen atoms in total. The minimum Gasteiger partial charge on any atom is -0.494 e. The number of methoxy groups -OCH3 is 1. The van der Waals surface area contributed by atoms with Gasteiger partial charge >= 0.3 is 5.97 Å². The van der Waals surface area contributed by atoms with Crippen LogP contribution in [0.4, 0.5) is 8.78 Å². The molecule has 0 spiro atoms. The van der Waals surface area contributed by atoms with Crippen molar-refractivity contribution >= 4 is 23.1 Å². The summed E-state index contributed by atoms with van der Waals surface area (Å²) in [4.78, 5) is 29.0. The van der Waals surface area contributed by atoms with E-state index in [9.17, 15) is 18.4 Å². The van der Waals surface area contributed by atoms with Crippen LogP contribution in [0.15, 0.2) is 42.5 Å². The Bertz CT molecular complexity index is 1030. The van der Waals surface area contributed by atoms with Gasteiger partial charge in [-0.2, -0.15) is 0 Å². The molecule has 0 amide bonds. The molecule has 0 fully saturated rings. The fourth-order valence-electron chi connectivity index (χ4n) is 2.42. The number of thiazole rings is 1. The Morgan fingerprint density at radius 1 is 1.11 bits per heavy atom. The minimum atomic E-state index is -0.703. The van der Waals surface area contributed by atoms with Crippen LogP contribution < -0.4 is 4.74 Å². The average molecular weight is 403 g/mol. The molecule has 0 aliphatic heterocycles.